The number of hydrogen-bond donors (Lipinski definition) is 3. The molecule has 2 aromatic carbocycles. The average molecular weight is 614 g/mol. The van der Waals surface area contributed by atoms with Gasteiger partial charge in [-0.2, -0.15) is 11.8 Å². The Morgan fingerprint density at radius 2 is 1.44 bits per heavy atom. The first kappa shape index (κ1) is 36.0. The van der Waals surface area contributed by atoms with Crippen molar-refractivity contribution in [2.24, 2.45) is 0 Å². The molecule has 0 unspecified atom stereocenters. The summed E-state index contributed by atoms with van der Waals surface area (Å²) < 4.78 is 5.44. The fourth-order valence-electron chi connectivity index (χ4n) is 4.50. The molecular formula is C34H51N3O5S. The highest BCUT2D eigenvalue weighted by Gasteiger charge is 2.30. The third kappa shape index (κ3) is 14.7. The number of alkyl carbamates (subject to hydrolysis) is 1. The first-order valence-corrected chi connectivity index (χ1v) is 16.7. The van der Waals surface area contributed by atoms with Crippen molar-refractivity contribution in [3.63, 3.8) is 0 Å². The lowest BCUT2D eigenvalue weighted by Crippen LogP contribution is -2.56. The van der Waals surface area contributed by atoms with Crippen LogP contribution in [-0.2, 0) is 26.5 Å². The molecule has 0 aromatic heterocycles. The van der Waals surface area contributed by atoms with Crippen LogP contribution in [0, 0.1) is 0 Å². The molecule has 0 heterocycles. The van der Waals surface area contributed by atoms with E-state index in [1.165, 1.54) is 12.1 Å². The van der Waals surface area contributed by atoms with Crippen LogP contribution in [0.3, 0.4) is 0 Å². The number of unbranched alkanes of at least 4 members (excludes halogenated alkanes) is 4. The van der Waals surface area contributed by atoms with Crippen molar-refractivity contribution in [2.75, 3.05) is 18.8 Å². The van der Waals surface area contributed by atoms with E-state index < -0.39 is 29.7 Å². The number of nitrogens with one attached hydrogen (secondary N) is 2. The number of ether oxygens (including phenoxy) is 1. The Bertz CT molecular complexity index is 1100. The number of aromatic hydroxyl groups is 1. The maximum Gasteiger partial charge on any atom is 0.408 e. The molecular weight excluding hydrogens is 562 g/mol. The van der Waals surface area contributed by atoms with Gasteiger partial charge in [0.25, 0.3) is 0 Å². The van der Waals surface area contributed by atoms with E-state index in [9.17, 15) is 19.5 Å². The predicted molar refractivity (Wildman–Crippen MR) is 175 cm³/mol. The zero-order valence-electron chi connectivity index (χ0n) is 26.6. The lowest BCUT2D eigenvalue weighted by Gasteiger charge is -2.29. The van der Waals surface area contributed by atoms with Crippen LogP contribution < -0.4 is 10.6 Å². The second-order valence-electron chi connectivity index (χ2n) is 11.9. The molecule has 0 bridgehead atoms. The standard InChI is InChI=1S/C34H51N3O5S/c1-6-8-13-21-37(22-14-9-7-2)32(40)30(25-43-24-27-15-11-10-12-16-27)35-31(39)29(36-33(41)42-34(3,4)5)23-26-17-19-28(38)20-18-26/h10-12,15-20,29-30,38H,6-9,13-14,21-25H2,1-5H3,(H,35,39)(H,36,41)/t29-,30-/m0/s1. The van der Waals surface area contributed by atoms with E-state index in [2.05, 4.69) is 24.5 Å². The Morgan fingerprint density at radius 1 is 0.837 bits per heavy atom. The van der Waals surface area contributed by atoms with Gasteiger partial charge in [-0.1, -0.05) is 82.0 Å². The molecule has 0 fully saturated rings. The fraction of sp³-hybridized carbons (Fsp3) is 0.559. The van der Waals surface area contributed by atoms with Gasteiger partial charge in [0.1, 0.15) is 23.4 Å². The fourth-order valence-corrected chi connectivity index (χ4v) is 5.51. The van der Waals surface area contributed by atoms with E-state index in [1.807, 2.05) is 35.2 Å². The van der Waals surface area contributed by atoms with E-state index in [4.69, 9.17) is 4.74 Å². The first-order valence-electron chi connectivity index (χ1n) is 15.5. The van der Waals surface area contributed by atoms with Gasteiger partial charge in [-0.05, 0) is 56.9 Å². The summed E-state index contributed by atoms with van der Waals surface area (Å²) in [5.74, 6) is 0.661. The van der Waals surface area contributed by atoms with Gasteiger partial charge in [0.2, 0.25) is 11.8 Å². The second kappa shape index (κ2) is 19.2. The molecule has 2 atom stereocenters. The molecule has 0 radical (unpaired) electrons. The summed E-state index contributed by atoms with van der Waals surface area (Å²) in [6.45, 7) is 10.8. The van der Waals surface area contributed by atoms with Gasteiger partial charge in [0.05, 0.1) is 0 Å². The summed E-state index contributed by atoms with van der Waals surface area (Å²) in [5, 5.41) is 15.4. The molecule has 0 aliphatic heterocycles. The van der Waals surface area contributed by atoms with Crippen molar-refractivity contribution in [1.82, 2.24) is 15.5 Å². The van der Waals surface area contributed by atoms with Crippen molar-refractivity contribution in [3.8, 4) is 5.75 Å². The second-order valence-corrected chi connectivity index (χ2v) is 12.9. The number of phenols is 1. The number of thioether (sulfide) groups is 1. The summed E-state index contributed by atoms with van der Waals surface area (Å²) in [6.07, 6.45) is 5.45. The van der Waals surface area contributed by atoms with Gasteiger partial charge < -0.3 is 25.4 Å². The smallest absolute Gasteiger partial charge is 0.408 e. The van der Waals surface area contributed by atoms with Crippen LogP contribution in [0.1, 0.15) is 84.3 Å². The molecule has 2 aromatic rings. The SMILES string of the molecule is CCCCCN(CCCCC)C(=O)[C@H](CSCc1ccccc1)NC(=O)[C@H](Cc1ccc(O)cc1)NC(=O)OC(C)(C)C. The Labute approximate surface area is 262 Å². The molecule has 0 aliphatic rings. The summed E-state index contributed by atoms with van der Waals surface area (Å²) in [5.41, 5.74) is 1.15. The van der Waals surface area contributed by atoms with E-state index in [0.29, 0.717) is 24.6 Å². The van der Waals surface area contributed by atoms with Crippen LogP contribution in [0.4, 0.5) is 4.79 Å². The van der Waals surface area contributed by atoms with Gasteiger partial charge >= 0.3 is 6.09 Å². The van der Waals surface area contributed by atoms with Gasteiger partial charge in [-0.15, -0.1) is 0 Å². The average Bonchev–Trinajstić information content (AvgIpc) is 2.96. The van der Waals surface area contributed by atoms with Crippen LogP contribution in [-0.4, -0.2) is 64.4 Å². The molecule has 43 heavy (non-hydrogen) atoms. The van der Waals surface area contributed by atoms with Crippen LogP contribution >= 0.6 is 11.8 Å². The highest BCUT2D eigenvalue weighted by atomic mass is 32.2. The monoisotopic (exact) mass is 613 g/mol. The van der Waals surface area contributed by atoms with Gasteiger partial charge in [0.15, 0.2) is 0 Å². The summed E-state index contributed by atoms with van der Waals surface area (Å²) in [4.78, 5) is 42.4. The highest BCUT2D eigenvalue weighted by molar-refractivity contribution is 7.98. The van der Waals surface area contributed by atoms with Gasteiger partial charge in [-0.3, -0.25) is 9.59 Å². The molecule has 0 aliphatic carbocycles. The number of rotatable bonds is 18. The largest absolute Gasteiger partial charge is 0.508 e. The van der Waals surface area contributed by atoms with Crippen LogP contribution in [0.2, 0.25) is 0 Å². The molecule has 9 heteroatoms. The maximum atomic E-state index is 14.0. The normalized spacial score (nSPS) is 12.7. The first-order chi connectivity index (χ1) is 20.5. The van der Waals surface area contributed by atoms with Crippen molar-refractivity contribution < 1.29 is 24.2 Å². The zero-order valence-corrected chi connectivity index (χ0v) is 27.4. The number of carbonyl (C=O) groups excluding carboxylic acids is 3. The van der Waals surface area contributed by atoms with Gasteiger partial charge in [-0.25, -0.2) is 4.79 Å². The number of phenolic OH excluding ortho intramolecular Hbond substituents is 1. The molecule has 0 spiro atoms. The van der Waals surface area contributed by atoms with Crippen LogP contribution in [0.25, 0.3) is 0 Å². The zero-order chi connectivity index (χ0) is 31.7. The molecule has 3 amide bonds. The molecule has 0 saturated heterocycles. The Balaban J connectivity index is 2.28. The quantitative estimate of drug-likeness (QED) is 0.167. The summed E-state index contributed by atoms with van der Waals surface area (Å²) in [7, 11) is 0. The molecule has 238 valence electrons. The van der Waals surface area contributed by atoms with Crippen molar-refractivity contribution in [2.45, 2.75) is 103 Å². The summed E-state index contributed by atoms with van der Waals surface area (Å²) >= 11 is 1.60. The van der Waals surface area contributed by atoms with Crippen molar-refractivity contribution >= 4 is 29.7 Å². The lowest BCUT2D eigenvalue weighted by molar-refractivity contribution is -0.136. The van der Waals surface area contributed by atoms with Crippen LogP contribution in [0.15, 0.2) is 54.6 Å². The van der Waals surface area contributed by atoms with E-state index in [1.54, 1.807) is 44.7 Å². The Kier molecular flexibility index (Phi) is 16.0. The van der Waals surface area contributed by atoms with Crippen molar-refractivity contribution in [1.29, 1.82) is 0 Å². The number of hydrogen-bond acceptors (Lipinski definition) is 6. The van der Waals surface area contributed by atoms with Gasteiger partial charge in [0, 0.05) is 31.0 Å². The minimum Gasteiger partial charge on any atom is -0.508 e. The molecule has 0 saturated carbocycles. The third-order valence-electron chi connectivity index (χ3n) is 6.77. The Hall–Kier alpha value is -3.20. The van der Waals surface area contributed by atoms with Crippen LogP contribution in [0.5, 0.6) is 5.75 Å². The number of nitrogens with zero attached hydrogens (tertiary/aromatic N) is 1. The van der Waals surface area contributed by atoms with E-state index >= 15 is 0 Å². The maximum absolute atomic E-state index is 14.0. The number of amides is 3. The highest BCUT2D eigenvalue weighted by Crippen LogP contribution is 2.17. The lowest BCUT2D eigenvalue weighted by atomic mass is 10.0. The minimum atomic E-state index is -0.984. The molecule has 2 rings (SSSR count). The number of benzene rings is 2. The third-order valence-corrected chi connectivity index (χ3v) is 7.88. The number of carbonyl (C=O) groups is 3. The minimum absolute atomic E-state index is 0.0956. The molecule has 3 N–H and O–H groups in total. The Morgan fingerprint density at radius 3 is 2.00 bits per heavy atom. The van der Waals surface area contributed by atoms with Crippen molar-refractivity contribution in [3.05, 3.63) is 65.7 Å². The van der Waals surface area contributed by atoms with E-state index in [-0.39, 0.29) is 18.1 Å². The predicted octanol–water partition coefficient (Wildman–Crippen LogP) is 6.46. The molecule has 8 nitrogen and oxygen atoms in total. The summed E-state index contributed by atoms with van der Waals surface area (Å²) in [6, 6.07) is 14.8. The van der Waals surface area contributed by atoms with E-state index in [0.717, 1.165) is 49.7 Å². The topological polar surface area (TPSA) is 108 Å².